The van der Waals surface area contributed by atoms with Crippen molar-refractivity contribution in [1.29, 1.82) is 0 Å². The lowest BCUT2D eigenvalue weighted by Crippen LogP contribution is -2.21. The summed E-state index contributed by atoms with van der Waals surface area (Å²) in [6, 6.07) is 15.7. The summed E-state index contributed by atoms with van der Waals surface area (Å²) in [6.07, 6.45) is 2.01. The van der Waals surface area contributed by atoms with Crippen LogP contribution < -0.4 is 16.1 Å². The highest BCUT2D eigenvalue weighted by atomic mass is 32.2. The third-order valence-electron chi connectivity index (χ3n) is 4.72. The lowest BCUT2D eigenvalue weighted by atomic mass is 9.96. The highest BCUT2D eigenvalue weighted by Gasteiger charge is 2.30. The molecule has 2 aromatic carbocycles. The second-order valence-electron chi connectivity index (χ2n) is 7.37. The van der Waals surface area contributed by atoms with Crippen molar-refractivity contribution >= 4 is 45.6 Å². The fourth-order valence-electron chi connectivity index (χ4n) is 3.37. The maximum absolute atomic E-state index is 12.5. The van der Waals surface area contributed by atoms with Crippen LogP contribution in [0.5, 0.6) is 0 Å². The van der Waals surface area contributed by atoms with Crippen LogP contribution in [-0.2, 0) is 9.59 Å². The van der Waals surface area contributed by atoms with E-state index < -0.39 is 0 Å². The minimum absolute atomic E-state index is 0.0980. The Morgan fingerprint density at radius 1 is 1.10 bits per heavy atom. The van der Waals surface area contributed by atoms with Gasteiger partial charge in [-0.25, -0.2) is 5.43 Å². The van der Waals surface area contributed by atoms with E-state index in [0.717, 1.165) is 38.1 Å². The van der Waals surface area contributed by atoms with Gasteiger partial charge in [-0.1, -0.05) is 43.8 Å². The molecule has 0 saturated carbocycles. The van der Waals surface area contributed by atoms with Gasteiger partial charge in [-0.3, -0.25) is 9.59 Å². The smallest absolute Gasteiger partial charge is 0.275 e. The summed E-state index contributed by atoms with van der Waals surface area (Å²) in [6.45, 7) is 5.53. The van der Waals surface area contributed by atoms with Crippen LogP contribution in [0.25, 0.3) is 4.91 Å². The second kappa shape index (κ2) is 8.20. The van der Waals surface area contributed by atoms with E-state index in [1.54, 1.807) is 11.8 Å². The van der Waals surface area contributed by atoms with Gasteiger partial charge in [0.2, 0.25) is 5.91 Å². The van der Waals surface area contributed by atoms with Crippen molar-refractivity contribution in [2.45, 2.75) is 25.7 Å². The minimum atomic E-state index is -0.194. The Balaban J connectivity index is 1.73. The Morgan fingerprint density at radius 2 is 1.83 bits per heavy atom. The highest BCUT2D eigenvalue weighted by molar-refractivity contribution is 8.08. The molecule has 0 aliphatic carbocycles. The van der Waals surface area contributed by atoms with E-state index in [4.69, 9.17) is 0 Å². The number of thioether (sulfide) groups is 1. The summed E-state index contributed by atoms with van der Waals surface area (Å²) in [4.78, 5) is 25.8. The first-order valence-electron chi connectivity index (χ1n) is 9.68. The lowest BCUT2D eigenvalue weighted by molar-refractivity contribution is -0.116. The van der Waals surface area contributed by atoms with Gasteiger partial charge in [-0.15, -0.1) is 0 Å². The zero-order valence-corrected chi connectivity index (χ0v) is 17.8. The average molecular weight is 419 g/mol. The molecule has 0 saturated heterocycles. The first-order valence-corrected chi connectivity index (χ1v) is 10.5. The maximum Gasteiger partial charge on any atom is 0.275 e. The molecular weight excluding hydrogens is 396 g/mol. The number of para-hydroxylation sites is 1. The molecule has 30 heavy (non-hydrogen) atoms. The highest BCUT2D eigenvalue weighted by Crippen LogP contribution is 2.42. The number of anilines is 2. The van der Waals surface area contributed by atoms with Gasteiger partial charge in [0.15, 0.2) is 0 Å². The van der Waals surface area contributed by atoms with Gasteiger partial charge in [0.05, 0.1) is 17.0 Å². The van der Waals surface area contributed by atoms with Crippen LogP contribution in [0.15, 0.2) is 75.9 Å². The summed E-state index contributed by atoms with van der Waals surface area (Å²) < 4.78 is 0. The Labute approximate surface area is 179 Å². The normalized spacial score (nSPS) is 17.7. The second-order valence-corrected chi connectivity index (χ2v) is 8.48. The average Bonchev–Trinajstić information content (AvgIpc) is 3.11. The van der Waals surface area contributed by atoms with E-state index in [2.05, 4.69) is 27.2 Å². The van der Waals surface area contributed by atoms with Gasteiger partial charge in [0, 0.05) is 33.7 Å². The number of amides is 2. The van der Waals surface area contributed by atoms with Crippen LogP contribution in [0.2, 0.25) is 0 Å². The van der Waals surface area contributed by atoms with Crippen molar-refractivity contribution in [2.24, 2.45) is 11.0 Å². The van der Waals surface area contributed by atoms with Crippen molar-refractivity contribution in [3.63, 3.8) is 0 Å². The Hall–Kier alpha value is -3.32. The number of benzene rings is 2. The standard InChI is InChI=1S/C23H22N4O2S/c1-13(2)22-21(23(29)27-26-22)19-12-20(17-6-4-5-7-18(17)25-19)30-16-10-8-15(9-11-16)24-14(3)28/h4-13,25H,1-3H3,(H,24,28)(H,27,29). The molecule has 0 unspecified atom stereocenters. The molecule has 0 atom stereocenters. The molecule has 0 spiro atoms. The number of carbonyl (C=O) groups excluding carboxylic acids is 2. The van der Waals surface area contributed by atoms with Crippen LogP contribution in [0.1, 0.15) is 26.3 Å². The maximum atomic E-state index is 12.5. The molecule has 2 heterocycles. The molecule has 152 valence electrons. The fraction of sp³-hybridized carbons (Fsp3) is 0.174. The molecule has 2 aliphatic rings. The fourth-order valence-corrected chi connectivity index (χ4v) is 4.36. The number of hydrazone groups is 1. The SMILES string of the molecule is CC(=O)Nc1ccc(SC2=CC(=C3C(=O)NN=C3C(C)C)Nc3ccccc32)cc1. The van der Waals surface area contributed by atoms with Crippen LogP contribution in [0.3, 0.4) is 0 Å². The summed E-state index contributed by atoms with van der Waals surface area (Å²) in [7, 11) is 0. The topological polar surface area (TPSA) is 82.6 Å². The molecule has 6 nitrogen and oxygen atoms in total. The van der Waals surface area contributed by atoms with E-state index in [1.165, 1.54) is 6.92 Å². The number of hydrogen-bond donors (Lipinski definition) is 3. The quantitative estimate of drug-likeness (QED) is 0.634. The zero-order valence-electron chi connectivity index (χ0n) is 16.9. The van der Waals surface area contributed by atoms with Gasteiger partial charge >= 0.3 is 0 Å². The van der Waals surface area contributed by atoms with E-state index in [9.17, 15) is 9.59 Å². The number of allylic oxidation sites excluding steroid dienone is 1. The van der Waals surface area contributed by atoms with E-state index in [-0.39, 0.29) is 17.7 Å². The third-order valence-corrected chi connectivity index (χ3v) is 5.78. The molecular formula is C23H22N4O2S. The van der Waals surface area contributed by atoms with Gasteiger partial charge in [0.25, 0.3) is 5.91 Å². The molecule has 0 radical (unpaired) electrons. The number of nitrogens with zero attached hydrogens (tertiary/aromatic N) is 1. The molecule has 2 amide bonds. The molecule has 4 rings (SSSR count). The minimum Gasteiger partial charge on any atom is -0.354 e. The molecule has 7 heteroatoms. The Bertz CT molecular complexity index is 1110. The lowest BCUT2D eigenvalue weighted by Gasteiger charge is -2.23. The van der Waals surface area contributed by atoms with Crippen molar-refractivity contribution in [2.75, 3.05) is 10.6 Å². The van der Waals surface area contributed by atoms with Gasteiger partial charge < -0.3 is 10.6 Å². The van der Waals surface area contributed by atoms with Crippen molar-refractivity contribution in [1.82, 2.24) is 5.43 Å². The first kappa shape index (κ1) is 20.0. The van der Waals surface area contributed by atoms with Crippen molar-refractivity contribution < 1.29 is 9.59 Å². The molecule has 0 bridgehead atoms. The van der Waals surface area contributed by atoms with Crippen molar-refractivity contribution in [3.8, 4) is 0 Å². The first-order chi connectivity index (χ1) is 14.4. The van der Waals surface area contributed by atoms with E-state index >= 15 is 0 Å². The van der Waals surface area contributed by atoms with E-state index in [0.29, 0.717) is 5.57 Å². The van der Waals surface area contributed by atoms with Crippen LogP contribution in [-0.4, -0.2) is 17.5 Å². The Kier molecular flexibility index (Phi) is 5.46. The zero-order chi connectivity index (χ0) is 21.3. The van der Waals surface area contributed by atoms with Gasteiger partial charge in [-0.2, -0.15) is 5.10 Å². The number of carbonyl (C=O) groups is 2. The monoisotopic (exact) mass is 418 g/mol. The van der Waals surface area contributed by atoms with Crippen molar-refractivity contribution in [3.05, 3.63) is 71.4 Å². The van der Waals surface area contributed by atoms with Crippen LogP contribution >= 0.6 is 11.8 Å². The molecule has 0 aromatic heterocycles. The molecule has 0 fully saturated rings. The molecule has 3 N–H and O–H groups in total. The van der Waals surface area contributed by atoms with Crippen LogP contribution in [0, 0.1) is 5.92 Å². The summed E-state index contributed by atoms with van der Waals surface area (Å²) in [5.74, 6) is -0.170. The number of nitrogens with one attached hydrogen (secondary N) is 3. The number of fused-ring (bicyclic) bond motifs is 1. The third kappa shape index (κ3) is 4.02. The number of rotatable bonds is 4. The van der Waals surface area contributed by atoms with Gasteiger partial charge in [0.1, 0.15) is 0 Å². The predicted molar refractivity (Wildman–Crippen MR) is 122 cm³/mol. The summed E-state index contributed by atoms with van der Waals surface area (Å²) >= 11 is 1.61. The summed E-state index contributed by atoms with van der Waals surface area (Å²) in [5, 5.41) is 10.4. The molecule has 2 aromatic rings. The largest absolute Gasteiger partial charge is 0.354 e. The van der Waals surface area contributed by atoms with E-state index in [1.807, 2.05) is 62.4 Å². The Morgan fingerprint density at radius 3 is 2.53 bits per heavy atom. The number of hydrogen-bond acceptors (Lipinski definition) is 5. The summed E-state index contributed by atoms with van der Waals surface area (Å²) in [5.41, 5.74) is 7.44. The molecule has 2 aliphatic heterocycles. The predicted octanol–water partition coefficient (Wildman–Crippen LogP) is 4.60. The van der Waals surface area contributed by atoms with Gasteiger partial charge in [-0.05, 0) is 42.3 Å². The van der Waals surface area contributed by atoms with Crippen LogP contribution in [0.4, 0.5) is 11.4 Å².